The molecule has 0 fully saturated rings. The number of likely N-dealkylation sites (N-methyl/N-ethyl adjacent to an activating group) is 1. The molecule has 6 heteroatoms. The third-order valence-corrected chi connectivity index (χ3v) is 3.38. The molecule has 0 saturated carbocycles. The molecule has 1 unspecified atom stereocenters. The van der Waals surface area contributed by atoms with Gasteiger partial charge in [-0.1, -0.05) is 13.8 Å². The second-order valence-electron chi connectivity index (χ2n) is 3.96. The van der Waals surface area contributed by atoms with Crippen LogP contribution in [0.1, 0.15) is 20.3 Å². The summed E-state index contributed by atoms with van der Waals surface area (Å²) >= 11 is 1.51. The fourth-order valence-corrected chi connectivity index (χ4v) is 1.80. The van der Waals surface area contributed by atoms with Gasteiger partial charge >= 0.3 is 0 Å². The zero-order valence-corrected chi connectivity index (χ0v) is 11.7. The first-order valence-corrected chi connectivity index (χ1v) is 6.88. The molecule has 0 aliphatic carbocycles. The second kappa shape index (κ2) is 9.30. The third kappa shape index (κ3) is 8.04. The summed E-state index contributed by atoms with van der Waals surface area (Å²) in [5.74, 6) is 0.220. The van der Waals surface area contributed by atoms with Gasteiger partial charge in [0.1, 0.15) is 0 Å². The lowest BCUT2D eigenvalue weighted by atomic mass is 10.4. The molecule has 0 aliphatic heterocycles. The van der Waals surface area contributed by atoms with Crippen LogP contribution in [-0.2, 0) is 9.59 Å². The first kappa shape index (κ1) is 16.2. The van der Waals surface area contributed by atoms with Crippen LogP contribution in [0.5, 0.6) is 0 Å². The normalized spacial score (nSPS) is 12.0. The Balaban J connectivity index is 3.84. The zero-order valence-electron chi connectivity index (χ0n) is 10.9. The van der Waals surface area contributed by atoms with E-state index in [1.54, 1.807) is 7.05 Å². The van der Waals surface area contributed by atoms with Crippen LogP contribution >= 0.6 is 11.8 Å². The topological polar surface area (TPSA) is 75.4 Å². The van der Waals surface area contributed by atoms with Gasteiger partial charge in [-0.25, -0.2) is 0 Å². The molecule has 100 valence electrons. The second-order valence-corrected chi connectivity index (χ2v) is 5.38. The van der Waals surface area contributed by atoms with Gasteiger partial charge in [-0.15, -0.1) is 11.8 Å². The molecule has 5 nitrogen and oxygen atoms in total. The van der Waals surface area contributed by atoms with Gasteiger partial charge in [-0.05, 0) is 6.42 Å². The molecule has 17 heavy (non-hydrogen) atoms. The number of nitrogens with zero attached hydrogens (tertiary/aromatic N) is 1. The van der Waals surface area contributed by atoms with Gasteiger partial charge in [0.25, 0.3) is 0 Å². The van der Waals surface area contributed by atoms with Crippen molar-refractivity contribution in [3.8, 4) is 0 Å². The maximum absolute atomic E-state index is 11.7. The van der Waals surface area contributed by atoms with Crippen LogP contribution in [0.25, 0.3) is 0 Å². The molecule has 2 amide bonds. The van der Waals surface area contributed by atoms with Crippen LogP contribution in [0, 0.1) is 0 Å². The van der Waals surface area contributed by atoms with E-state index in [4.69, 9.17) is 5.73 Å². The van der Waals surface area contributed by atoms with Crippen molar-refractivity contribution in [1.82, 2.24) is 10.2 Å². The predicted molar refractivity (Wildman–Crippen MR) is 71.9 cm³/mol. The number of nitrogens with two attached hydrogens (primary N) is 1. The molecule has 0 radical (unpaired) electrons. The highest BCUT2D eigenvalue weighted by atomic mass is 32.2. The van der Waals surface area contributed by atoms with E-state index in [-0.39, 0.29) is 23.6 Å². The Morgan fingerprint density at radius 3 is 2.65 bits per heavy atom. The lowest BCUT2D eigenvalue weighted by Gasteiger charge is -2.17. The van der Waals surface area contributed by atoms with E-state index in [0.717, 1.165) is 6.42 Å². The van der Waals surface area contributed by atoms with Crippen molar-refractivity contribution in [1.29, 1.82) is 0 Å². The van der Waals surface area contributed by atoms with Gasteiger partial charge in [-0.3, -0.25) is 9.59 Å². The molecule has 0 aliphatic rings. The fourth-order valence-electron chi connectivity index (χ4n) is 1.02. The Bertz CT molecular complexity index is 249. The standard InChI is InChI=1S/C11H23N3O2S/c1-4-5-13-10(15)7-14(3)11(16)8-17-9(2)6-12/h9H,4-8,12H2,1-3H3,(H,13,15). The summed E-state index contributed by atoms with van der Waals surface area (Å²) in [6, 6.07) is 0. The third-order valence-electron chi connectivity index (χ3n) is 2.20. The summed E-state index contributed by atoms with van der Waals surface area (Å²) in [5.41, 5.74) is 5.46. The molecule has 0 saturated heterocycles. The van der Waals surface area contributed by atoms with Gasteiger partial charge in [0.05, 0.1) is 12.3 Å². The van der Waals surface area contributed by atoms with E-state index in [0.29, 0.717) is 18.8 Å². The van der Waals surface area contributed by atoms with Gasteiger partial charge in [0.15, 0.2) is 0 Å². The SMILES string of the molecule is CCCNC(=O)CN(C)C(=O)CSC(C)CN. The van der Waals surface area contributed by atoms with E-state index in [2.05, 4.69) is 5.32 Å². The largest absolute Gasteiger partial charge is 0.355 e. The van der Waals surface area contributed by atoms with Crippen LogP contribution in [0.2, 0.25) is 0 Å². The molecule has 0 aromatic rings. The van der Waals surface area contributed by atoms with Gasteiger partial charge in [0, 0.05) is 25.4 Å². The molecular weight excluding hydrogens is 238 g/mol. The average molecular weight is 261 g/mol. The Morgan fingerprint density at radius 1 is 1.47 bits per heavy atom. The number of carbonyl (C=O) groups is 2. The number of rotatable bonds is 8. The van der Waals surface area contributed by atoms with E-state index in [1.807, 2.05) is 13.8 Å². The van der Waals surface area contributed by atoms with E-state index >= 15 is 0 Å². The van der Waals surface area contributed by atoms with Crippen LogP contribution in [0.4, 0.5) is 0 Å². The maximum atomic E-state index is 11.7. The summed E-state index contributed by atoms with van der Waals surface area (Å²) in [5, 5.41) is 3.00. The smallest absolute Gasteiger partial charge is 0.239 e. The van der Waals surface area contributed by atoms with E-state index in [9.17, 15) is 9.59 Å². The number of carbonyl (C=O) groups excluding carboxylic acids is 2. The summed E-state index contributed by atoms with van der Waals surface area (Å²) < 4.78 is 0. The van der Waals surface area contributed by atoms with Crippen molar-refractivity contribution >= 4 is 23.6 Å². The van der Waals surface area contributed by atoms with Crippen LogP contribution in [-0.4, -0.2) is 54.4 Å². The van der Waals surface area contributed by atoms with Gasteiger partial charge in [-0.2, -0.15) is 0 Å². The van der Waals surface area contributed by atoms with Gasteiger partial charge in [0.2, 0.25) is 11.8 Å². The lowest BCUT2D eigenvalue weighted by molar-refractivity contribution is -0.132. The quantitative estimate of drug-likeness (QED) is 0.647. The van der Waals surface area contributed by atoms with Crippen molar-refractivity contribution < 1.29 is 9.59 Å². The summed E-state index contributed by atoms with van der Waals surface area (Å²) in [6.45, 7) is 5.29. The highest BCUT2D eigenvalue weighted by Gasteiger charge is 2.13. The van der Waals surface area contributed by atoms with Crippen molar-refractivity contribution in [2.75, 3.05) is 32.4 Å². The van der Waals surface area contributed by atoms with Crippen LogP contribution < -0.4 is 11.1 Å². The number of hydrogen-bond acceptors (Lipinski definition) is 4. The summed E-state index contributed by atoms with van der Waals surface area (Å²) in [6.07, 6.45) is 0.896. The highest BCUT2D eigenvalue weighted by Crippen LogP contribution is 2.09. The molecule has 0 heterocycles. The summed E-state index contributed by atoms with van der Waals surface area (Å²) in [7, 11) is 1.64. The van der Waals surface area contributed by atoms with E-state index < -0.39 is 0 Å². The molecule has 0 rings (SSSR count). The van der Waals surface area contributed by atoms with Crippen molar-refractivity contribution in [3.05, 3.63) is 0 Å². The lowest BCUT2D eigenvalue weighted by Crippen LogP contribution is -2.39. The summed E-state index contributed by atoms with van der Waals surface area (Å²) in [4.78, 5) is 24.5. The zero-order chi connectivity index (χ0) is 13.3. The van der Waals surface area contributed by atoms with Crippen molar-refractivity contribution in [2.45, 2.75) is 25.5 Å². The van der Waals surface area contributed by atoms with Crippen molar-refractivity contribution in [3.63, 3.8) is 0 Å². The maximum Gasteiger partial charge on any atom is 0.239 e. The Labute approximate surface area is 107 Å². The molecule has 0 spiro atoms. The first-order valence-electron chi connectivity index (χ1n) is 5.83. The van der Waals surface area contributed by atoms with Crippen LogP contribution in [0.3, 0.4) is 0 Å². The molecule has 1 atom stereocenters. The number of thioether (sulfide) groups is 1. The molecule has 3 N–H and O–H groups in total. The van der Waals surface area contributed by atoms with Crippen molar-refractivity contribution in [2.24, 2.45) is 5.73 Å². The van der Waals surface area contributed by atoms with Gasteiger partial charge < -0.3 is 16.0 Å². The molecule has 0 aromatic heterocycles. The Morgan fingerprint density at radius 2 is 2.12 bits per heavy atom. The minimum atomic E-state index is -0.112. The number of nitrogens with one attached hydrogen (secondary N) is 1. The number of amides is 2. The Kier molecular flexibility index (Phi) is 8.89. The average Bonchev–Trinajstić information content (AvgIpc) is 2.32. The molecule has 0 aromatic carbocycles. The minimum absolute atomic E-state index is 0.0399. The first-order chi connectivity index (χ1) is 8.01. The van der Waals surface area contributed by atoms with E-state index in [1.165, 1.54) is 16.7 Å². The minimum Gasteiger partial charge on any atom is -0.355 e. The predicted octanol–water partition coefficient (Wildman–Crippen LogP) is 0.0514. The fraction of sp³-hybridized carbons (Fsp3) is 0.818. The number of hydrogen-bond donors (Lipinski definition) is 2. The molecular formula is C11H23N3O2S. The monoisotopic (exact) mass is 261 g/mol. The highest BCUT2D eigenvalue weighted by molar-refractivity contribution is 8.00. The van der Waals surface area contributed by atoms with Crippen LogP contribution in [0.15, 0.2) is 0 Å². The Hall–Kier alpha value is -0.750. The molecule has 0 bridgehead atoms.